The third kappa shape index (κ3) is 4.92. The van der Waals surface area contributed by atoms with E-state index in [1.807, 2.05) is 0 Å². The molecule has 0 fully saturated rings. The molecule has 0 spiro atoms. The molecule has 2 heterocycles. The highest BCUT2D eigenvalue weighted by atomic mass is 32.2. The Labute approximate surface area is 177 Å². The zero-order chi connectivity index (χ0) is 21.0. The molecule has 0 saturated heterocycles. The first kappa shape index (κ1) is 21.6. The van der Waals surface area contributed by atoms with Gasteiger partial charge in [-0.1, -0.05) is 17.5 Å². The summed E-state index contributed by atoms with van der Waals surface area (Å²) in [7, 11) is 1.58. The number of aryl methyl sites for hydroxylation is 2. The van der Waals surface area contributed by atoms with Crippen LogP contribution in [0, 0.1) is 0 Å². The zero-order valence-corrected chi connectivity index (χ0v) is 18.4. The Kier molecular flexibility index (Phi) is 7.18. The SMILES string of the molecule is CCOC(=O)c1c(NC(=O)C(C)Sc2c([O-])on[n+]2C)sc2c1CCCCCC2. The number of rotatable bonds is 6. The Morgan fingerprint density at radius 3 is 2.72 bits per heavy atom. The van der Waals surface area contributed by atoms with Gasteiger partial charge in [-0.25, -0.2) is 4.79 Å². The maximum Gasteiger partial charge on any atom is 0.341 e. The fraction of sp³-hybridized carbons (Fsp3) is 0.579. The van der Waals surface area contributed by atoms with E-state index < -0.39 is 17.2 Å². The number of thioether (sulfide) groups is 1. The lowest BCUT2D eigenvalue weighted by molar-refractivity contribution is -0.772. The standard InChI is InChI=1S/C19H25N3O5S2/c1-4-26-18(24)14-12-9-7-5-6-8-10-13(12)29-16(14)20-15(23)11(2)28-17-19(25)27-21-22(17)3/h11H,4-10H2,1-3H3,(H-,20,21,23,24,25). The average molecular weight is 440 g/mol. The van der Waals surface area contributed by atoms with E-state index >= 15 is 0 Å². The van der Waals surface area contributed by atoms with Crippen molar-refractivity contribution in [3.05, 3.63) is 16.0 Å². The summed E-state index contributed by atoms with van der Waals surface area (Å²) < 4.78 is 11.2. The van der Waals surface area contributed by atoms with Gasteiger partial charge in [0.05, 0.1) is 22.7 Å². The first-order valence-corrected chi connectivity index (χ1v) is 11.4. The lowest BCUT2D eigenvalue weighted by atomic mass is 9.96. The summed E-state index contributed by atoms with van der Waals surface area (Å²) in [5, 5.41) is 18.4. The predicted molar refractivity (Wildman–Crippen MR) is 107 cm³/mol. The topological polar surface area (TPSA) is 108 Å². The Morgan fingerprint density at radius 2 is 2.07 bits per heavy atom. The van der Waals surface area contributed by atoms with Crippen LogP contribution in [0.15, 0.2) is 9.55 Å². The summed E-state index contributed by atoms with van der Waals surface area (Å²) in [6.45, 7) is 3.74. The number of fused-ring (bicyclic) bond motifs is 1. The summed E-state index contributed by atoms with van der Waals surface area (Å²) >= 11 is 2.53. The minimum Gasteiger partial charge on any atom is -0.538 e. The molecule has 0 aliphatic heterocycles. The monoisotopic (exact) mass is 439 g/mol. The molecular formula is C19H25N3O5S2. The third-order valence-electron chi connectivity index (χ3n) is 4.76. The van der Waals surface area contributed by atoms with E-state index in [9.17, 15) is 14.7 Å². The first-order valence-electron chi connectivity index (χ1n) is 9.74. The number of nitrogens with zero attached hydrogens (tertiary/aromatic N) is 2. The van der Waals surface area contributed by atoms with Crippen molar-refractivity contribution in [2.45, 2.75) is 62.6 Å². The first-order chi connectivity index (χ1) is 13.9. The number of anilines is 1. The molecule has 1 aliphatic rings. The molecular weight excluding hydrogens is 414 g/mol. The summed E-state index contributed by atoms with van der Waals surface area (Å²) in [6, 6.07) is 0. The van der Waals surface area contributed by atoms with Crippen molar-refractivity contribution < 1.29 is 28.6 Å². The van der Waals surface area contributed by atoms with Crippen LogP contribution in [-0.4, -0.2) is 29.0 Å². The van der Waals surface area contributed by atoms with Crippen LogP contribution in [0.2, 0.25) is 0 Å². The largest absolute Gasteiger partial charge is 0.538 e. The number of hydrogen-bond donors (Lipinski definition) is 1. The van der Waals surface area contributed by atoms with Gasteiger partial charge in [-0.05, 0) is 56.9 Å². The van der Waals surface area contributed by atoms with Gasteiger partial charge in [0, 0.05) is 4.88 Å². The van der Waals surface area contributed by atoms with Crippen LogP contribution in [0.3, 0.4) is 0 Å². The highest BCUT2D eigenvalue weighted by Crippen LogP contribution is 2.38. The summed E-state index contributed by atoms with van der Waals surface area (Å²) in [5.41, 5.74) is 1.50. The molecule has 0 radical (unpaired) electrons. The second kappa shape index (κ2) is 9.62. The fourth-order valence-corrected chi connectivity index (χ4v) is 5.39. The Morgan fingerprint density at radius 1 is 1.34 bits per heavy atom. The van der Waals surface area contributed by atoms with Crippen molar-refractivity contribution in [1.82, 2.24) is 5.27 Å². The van der Waals surface area contributed by atoms with Gasteiger partial charge in [-0.2, -0.15) is 0 Å². The fourth-order valence-electron chi connectivity index (χ4n) is 3.29. The molecule has 8 nitrogen and oxygen atoms in total. The van der Waals surface area contributed by atoms with Crippen molar-refractivity contribution >= 4 is 40.0 Å². The average Bonchev–Trinajstić information content (AvgIpc) is 3.15. The number of ether oxygens (including phenoxy) is 1. The van der Waals surface area contributed by atoms with Crippen molar-refractivity contribution in [1.29, 1.82) is 0 Å². The van der Waals surface area contributed by atoms with Crippen LogP contribution in [0.5, 0.6) is 5.95 Å². The Hall–Kier alpha value is -2.07. The molecule has 2 aromatic rings. The molecule has 0 bridgehead atoms. The number of thiophene rings is 1. The van der Waals surface area contributed by atoms with Gasteiger partial charge < -0.3 is 19.7 Å². The van der Waals surface area contributed by atoms with E-state index in [4.69, 9.17) is 4.74 Å². The van der Waals surface area contributed by atoms with Crippen molar-refractivity contribution in [3.63, 3.8) is 0 Å². The quantitative estimate of drug-likeness (QED) is 0.419. The predicted octanol–water partition coefficient (Wildman–Crippen LogP) is 2.59. The smallest absolute Gasteiger partial charge is 0.341 e. The van der Waals surface area contributed by atoms with Crippen LogP contribution in [-0.2, 0) is 29.4 Å². The van der Waals surface area contributed by atoms with E-state index in [0.29, 0.717) is 10.6 Å². The number of esters is 1. The van der Waals surface area contributed by atoms with Gasteiger partial charge >= 0.3 is 5.97 Å². The lowest BCUT2D eigenvalue weighted by Crippen LogP contribution is -2.33. The van der Waals surface area contributed by atoms with Crippen LogP contribution in [0.1, 0.15) is 60.3 Å². The highest BCUT2D eigenvalue weighted by molar-refractivity contribution is 8.00. The molecule has 1 aliphatic carbocycles. The van der Waals surface area contributed by atoms with E-state index in [1.165, 1.54) is 22.4 Å². The van der Waals surface area contributed by atoms with Crippen molar-refractivity contribution in [2.75, 3.05) is 11.9 Å². The van der Waals surface area contributed by atoms with Gasteiger partial charge in [-0.3, -0.25) is 4.79 Å². The summed E-state index contributed by atoms with van der Waals surface area (Å²) in [4.78, 5) is 26.6. The van der Waals surface area contributed by atoms with Gasteiger partial charge in [0.1, 0.15) is 5.00 Å². The van der Waals surface area contributed by atoms with Crippen molar-refractivity contribution in [3.8, 4) is 5.95 Å². The van der Waals surface area contributed by atoms with E-state index in [0.717, 1.165) is 54.3 Å². The molecule has 3 rings (SSSR count). The number of carbonyl (C=O) groups excluding carboxylic acids is 2. The molecule has 1 atom stereocenters. The van der Waals surface area contributed by atoms with E-state index in [-0.39, 0.29) is 17.5 Å². The van der Waals surface area contributed by atoms with E-state index in [1.54, 1.807) is 20.9 Å². The maximum absolute atomic E-state index is 12.8. The van der Waals surface area contributed by atoms with E-state index in [2.05, 4.69) is 15.1 Å². The minimum absolute atomic E-state index is 0.247. The highest BCUT2D eigenvalue weighted by Gasteiger charge is 2.29. The molecule has 1 N–H and O–H groups in total. The minimum atomic E-state index is -0.580. The lowest BCUT2D eigenvalue weighted by Gasteiger charge is -2.12. The van der Waals surface area contributed by atoms with Crippen LogP contribution in [0.4, 0.5) is 5.00 Å². The Balaban J connectivity index is 1.84. The number of amides is 1. The molecule has 1 unspecified atom stereocenters. The molecule has 10 heteroatoms. The van der Waals surface area contributed by atoms with Crippen LogP contribution in [0.25, 0.3) is 0 Å². The van der Waals surface area contributed by atoms with Crippen LogP contribution >= 0.6 is 23.1 Å². The van der Waals surface area contributed by atoms with Crippen LogP contribution < -0.4 is 15.1 Å². The molecule has 1 amide bonds. The second-order valence-electron chi connectivity index (χ2n) is 6.88. The number of hydrogen-bond acceptors (Lipinski definition) is 8. The molecule has 0 aromatic carbocycles. The number of carbonyl (C=O) groups is 2. The summed E-state index contributed by atoms with van der Waals surface area (Å²) in [5.74, 6) is -1.27. The second-order valence-corrected chi connectivity index (χ2v) is 9.32. The summed E-state index contributed by atoms with van der Waals surface area (Å²) in [6.07, 6.45) is 6.13. The van der Waals surface area contributed by atoms with Gasteiger partial charge in [0.25, 0.3) is 5.03 Å². The third-order valence-corrected chi connectivity index (χ3v) is 7.19. The molecule has 158 valence electrons. The zero-order valence-electron chi connectivity index (χ0n) is 16.8. The van der Waals surface area contributed by atoms with Crippen molar-refractivity contribution in [2.24, 2.45) is 7.05 Å². The Bertz CT molecular complexity index is 873. The number of aromatic nitrogens is 2. The molecule has 2 aromatic heterocycles. The van der Waals surface area contributed by atoms with Gasteiger partial charge in [0.2, 0.25) is 5.91 Å². The molecule has 0 saturated carbocycles. The van der Waals surface area contributed by atoms with Gasteiger partial charge in [0.15, 0.2) is 13.0 Å². The molecule has 29 heavy (non-hydrogen) atoms. The maximum atomic E-state index is 12.8. The number of nitrogens with one attached hydrogen (secondary N) is 1. The normalized spacial score (nSPS) is 15.1. The van der Waals surface area contributed by atoms with Gasteiger partial charge in [-0.15, -0.1) is 11.3 Å².